The molecule has 2 aromatic carbocycles. The number of Topliss-reactive ketones (excluding diaryl/α,β-unsaturated/α-hetero) is 1. The Morgan fingerprint density at radius 1 is 0.963 bits per heavy atom. The summed E-state index contributed by atoms with van der Waals surface area (Å²) in [4.78, 5) is 26.5. The van der Waals surface area contributed by atoms with Gasteiger partial charge in [0.1, 0.15) is 12.4 Å². The zero-order valence-electron chi connectivity index (χ0n) is 15.1. The van der Waals surface area contributed by atoms with E-state index in [1.54, 1.807) is 4.90 Å². The van der Waals surface area contributed by atoms with Gasteiger partial charge in [0, 0.05) is 18.9 Å². The van der Waals surface area contributed by atoms with Crippen molar-refractivity contribution < 1.29 is 19.1 Å². The molecule has 1 saturated heterocycles. The van der Waals surface area contributed by atoms with Crippen LogP contribution in [0.15, 0.2) is 60.7 Å². The number of benzene rings is 2. The van der Waals surface area contributed by atoms with Crippen molar-refractivity contribution in [2.24, 2.45) is 5.92 Å². The summed E-state index contributed by atoms with van der Waals surface area (Å²) in [6.45, 7) is 1.12. The van der Waals surface area contributed by atoms with E-state index in [-0.39, 0.29) is 36.5 Å². The lowest BCUT2D eigenvalue weighted by Gasteiger charge is -2.51. The van der Waals surface area contributed by atoms with Gasteiger partial charge in [-0.3, -0.25) is 4.79 Å². The molecule has 4 rings (SSSR count). The number of fused-ring (bicyclic) bond motifs is 1. The van der Waals surface area contributed by atoms with E-state index in [2.05, 4.69) is 0 Å². The van der Waals surface area contributed by atoms with E-state index in [0.29, 0.717) is 26.0 Å². The van der Waals surface area contributed by atoms with Crippen LogP contribution in [0.5, 0.6) is 0 Å². The van der Waals surface area contributed by atoms with Gasteiger partial charge in [0.2, 0.25) is 0 Å². The summed E-state index contributed by atoms with van der Waals surface area (Å²) >= 11 is 0. The first kappa shape index (κ1) is 17.7. The molecular formula is C22H23NO4. The highest BCUT2D eigenvalue weighted by atomic mass is 16.6. The highest BCUT2D eigenvalue weighted by molar-refractivity contribution is 5.86. The molecule has 140 valence electrons. The molecule has 1 heterocycles. The van der Waals surface area contributed by atoms with Crippen LogP contribution in [-0.4, -0.2) is 35.5 Å². The van der Waals surface area contributed by atoms with E-state index in [4.69, 9.17) is 9.47 Å². The minimum absolute atomic E-state index is 0.121. The van der Waals surface area contributed by atoms with Crippen molar-refractivity contribution in [1.82, 2.24) is 4.90 Å². The molecule has 2 fully saturated rings. The van der Waals surface area contributed by atoms with Crippen molar-refractivity contribution >= 4 is 11.9 Å². The maximum atomic E-state index is 12.6. The third-order valence-corrected chi connectivity index (χ3v) is 5.40. The predicted molar refractivity (Wildman–Crippen MR) is 99.9 cm³/mol. The average molecular weight is 365 g/mol. The topological polar surface area (TPSA) is 55.8 Å². The van der Waals surface area contributed by atoms with Gasteiger partial charge in [-0.1, -0.05) is 60.7 Å². The van der Waals surface area contributed by atoms with Crippen molar-refractivity contribution in [2.75, 3.05) is 6.54 Å². The molecule has 1 amide bonds. The fourth-order valence-corrected chi connectivity index (χ4v) is 3.86. The molecule has 1 saturated carbocycles. The lowest BCUT2D eigenvalue weighted by molar-refractivity contribution is -0.155. The van der Waals surface area contributed by atoms with Crippen LogP contribution in [0.1, 0.15) is 24.0 Å². The van der Waals surface area contributed by atoms with Crippen LogP contribution in [-0.2, 0) is 27.5 Å². The summed E-state index contributed by atoms with van der Waals surface area (Å²) in [5.74, 6) is 0.107. The second-order valence-electron chi connectivity index (χ2n) is 7.12. The second-order valence-corrected chi connectivity index (χ2v) is 7.12. The van der Waals surface area contributed by atoms with Crippen LogP contribution in [0.4, 0.5) is 4.79 Å². The van der Waals surface area contributed by atoms with Gasteiger partial charge in [-0.05, 0) is 17.5 Å². The van der Waals surface area contributed by atoms with Gasteiger partial charge < -0.3 is 14.4 Å². The Balaban J connectivity index is 1.37. The Bertz CT molecular complexity index is 792. The Hall–Kier alpha value is -2.66. The molecule has 3 unspecified atom stereocenters. The number of nitrogens with zero attached hydrogens (tertiary/aromatic N) is 1. The number of carbonyl (C=O) groups is 2. The van der Waals surface area contributed by atoms with Gasteiger partial charge in [-0.15, -0.1) is 0 Å². The molecule has 1 aliphatic heterocycles. The van der Waals surface area contributed by atoms with Gasteiger partial charge >= 0.3 is 6.09 Å². The molecule has 0 radical (unpaired) electrons. The van der Waals surface area contributed by atoms with Crippen molar-refractivity contribution in [3.8, 4) is 0 Å². The summed E-state index contributed by atoms with van der Waals surface area (Å²) in [5.41, 5.74) is 2.03. The van der Waals surface area contributed by atoms with Crippen LogP contribution >= 0.6 is 0 Å². The highest BCUT2D eigenvalue weighted by Gasteiger charge is 2.53. The standard InChI is InChI=1S/C22H23NO4/c24-19-11-12-23(22(25)27-15-17-9-5-2-6-10-17)21-18(19)13-20(21)26-14-16-7-3-1-4-8-16/h1-10,18,20-21H,11-15H2. The van der Waals surface area contributed by atoms with E-state index in [1.165, 1.54) is 0 Å². The van der Waals surface area contributed by atoms with E-state index < -0.39 is 0 Å². The molecule has 3 atom stereocenters. The average Bonchev–Trinajstić information content (AvgIpc) is 2.69. The molecule has 0 aromatic heterocycles. The van der Waals surface area contributed by atoms with Gasteiger partial charge in [-0.25, -0.2) is 4.79 Å². The van der Waals surface area contributed by atoms with Crippen molar-refractivity contribution in [3.05, 3.63) is 71.8 Å². The number of hydrogen-bond donors (Lipinski definition) is 0. The Morgan fingerprint density at radius 3 is 2.26 bits per heavy atom. The zero-order valence-corrected chi connectivity index (χ0v) is 15.1. The van der Waals surface area contributed by atoms with E-state index in [9.17, 15) is 9.59 Å². The summed E-state index contributed by atoms with van der Waals surface area (Å²) in [6.07, 6.45) is 0.587. The van der Waals surface area contributed by atoms with Crippen LogP contribution in [0.2, 0.25) is 0 Å². The van der Waals surface area contributed by atoms with Crippen LogP contribution in [0, 0.1) is 5.92 Å². The number of rotatable bonds is 5. The minimum atomic E-state index is -0.366. The van der Waals surface area contributed by atoms with Crippen molar-refractivity contribution in [1.29, 1.82) is 0 Å². The molecule has 5 heteroatoms. The number of likely N-dealkylation sites (tertiary alicyclic amines) is 1. The fourth-order valence-electron chi connectivity index (χ4n) is 3.86. The third-order valence-electron chi connectivity index (χ3n) is 5.40. The van der Waals surface area contributed by atoms with Gasteiger partial charge in [0.05, 0.1) is 18.8 Å². The molecular weight excluding hydrogens is 342 g/mol. The molecule has 0 spiro atoms. The maximum Gasteiger partial charge on any atom is 0.410 e. The minimum Gasteiger partial charge on any atom is -0.445 e. The fraction of sp³-hybridized carbons (Fsp3) is 0.364. The second kappa shape index (κ2) is 7.92. The third kappa shape index (κ3) is 3.88. The van der Waals surface area contributed by atoms with Crippen LogP contribution < -0.4 is 0 Å². The smallest absolute Gasteiger partial charge is 0.410 e. The molecule has 5 nitrogen and oxygen atoms in total. The quantitative estimate of drug-likeness (QED) is 0.813. The monoisotopic (exact) mass is 365 g/mol. The Morgan fingerprint density at radius 2 is 1.59 bits per heavy atom. The largest absolute Gasteiger partial charge is 0.445 e. The lowest BCUT2D eigenvalue weighted by atomic mass is 9.70. The van der Waals surface area contributed by atoms with Crippen molar-refractivity contribution in [3.63, 3.8) is 0 Å². The first-order valence-electron chi connectivity index (χ1n) is 9.38. The predicted octanol–water partition coefficient (Wildman–Crippen LogP) is 3.57. The number of ether oxygens (including phenoxy) is 2. The van der Waals surface area contributed by atoms with Gasteiger partial charge in [-0.2, -0.15) is 0 Å². The summed E-state index contributed by atoms with van der Waals surface area (Å²) in [6, 6.07) is 19.3. The number of carbonyl (C=O) groups excluding carboxylic acids is 2. The highest BCUT2D eigenvalue weighted by Crippen LogP contribution is 2.40. The molecule has 2 aliphatic rings. The lowest BCUT2D eigenvalue weighted by Crippen LogP contribution is -2.65. The summed E-state index contributed by atoms with van der Waals surface area (Å²) in [5, 5.41) is 0. The number of ketones is 1. The van der Waals surface area contributed by atoms with Crippen LogP contribution in [0.25, 0.3) is 0 Å². The van der Waals surface area contributed by atoms with E-state index in [0.717, 1.165) is 11.1 Å². The Labute approximate surface area is 158 Å². The number of amides is 1. The summed E-state index contributed by atoms with van der Waals surface area (Å²) in [7, 11) is 0. The van der Waals surface area contributed by atoms with Crippen LogP contribution in [0.3, 0.4) is 0 Å². The number of hydrogen-bond acceptors (Lipinski definition) is 4. The first-order valence-corrected chi connectivity index (χ1v) is 9.38. The molecule has 27 heavy (non-hydrogen) atoms. The number of piperidine rings is 1. The summed E-state index contributed by atoms with van der Waals surface area (Å²) < 4.78 is 11.5. The molecule has 0 bridgehead atoms. The normalized spacial score (nSPS) is 24.1. The zero-order chi connectivity index (χ0) is 18.6. The first-order chi connectivity index (χ1) is 13.2. The maximum absolute atomic E-state index is 12.6. The molecule has 1 aliphatic carbocycles. The molecule has 0 N–H and O–H groups in total. The SMILES string of the molecule is O=C1CCN(C(=O)OCc2ccccc2)C2C(OCc3ccccc3)CC12. The van der Waals surface area contributed by atoms with Gasteiger partial charge in [0.15, 0.2) is 0 Å². The van der Waals surface area contributed by atoms with E-state index in [1.807, 2.05) is 60.7 Å². The van der Waals surface area contributed by atoms with Crippen molar-refractivity contribution in [2.45, 2.75) is 38.2 Å². The Kier molecular flexibility index (Phi) is 5.21. The van der Waals surface area contributed by atoms with Gasteiger partial charge in [0.25, 0.3) is 0 Å². The van der Waals surface area contributed by atoms with E-state index >= 15 is 0 Å². The molecule has 2 aromatic rings.